The summed E-state index contributed by atoms with van der Waals surface area (Å²) in [5.74, 6) is 0. The van der Waals surface area contributed by atoms with Crippen LogP contribution in [0.2, 0.25) is 0 Å². The Morgan fingerprint density at radius 3 is 2.73 bits per heavy atom. The zero-order valence-electron chi connectivity index (χ0n) is 8.84. The molecule has 5 nitrogen and oxygen atoms in total. The number of nitrogens with zero attached hydrogens (tertiary/aromatic N) is 3. The molecule has 2 heterocycles. The Balaban J connectivity index is 1.74. The Morgan fingerprint density at radius 2 is 2.13 bits per heavy atom. The molecule has 0 spiro atoms. The van der Waals surface area contributed by atoms with Crippen molar-refractivity contribution in [1.82, 2.24) is 14.7 Å². The van der Waals surface area contributed by atoms with E-state index in [-0.39, 0.29) is 6.10 Å². The van der Waals surface area contributed by atoms with Crippen molar-refractivity contribution in [2.75, 3.05) is 25.4 Å². The number of aliphatic hydroxyl groups excluding tert-OH is 1. The lowest BCUT2D eigenvalue weighted by Crippen LogP contribution is -2.37. The maximum atomic E-state index is 9.35. The minimum Gasteiger partial charge on any atom is -0.396 e. The van der Waals surface area contributed by atoms with Crippen LogP contribution >= 0.6 is 0 Å². The van der Waals surface area contributed by atoms with Crippen LogP contribution in [0.15, 0.2) is 12.4 Å². The second kappa shape index (κ2) is 4.63. The molecular weight excluding hydrogens is 192 g/mol. The van der Waals surface area contributed by atoms with Gasteiger partial charge in [0, 0.05) is 25.8 Å². The summed E-state index contributed by atoms with van der Waals surface area (Å²) in [5, 5.41) is 13.5. The molecule has 15 heavy (non-hydrogen) atoms. The summed E-state index contributed by atoms with van der Waals surface area (Å²) < 4.78 is 1.86. The zero-order chi connectivity index (χ0) is 10.7. The predicted octanol–water partition coefficient (Wildman–Crippen LogP) is -0.0780. The Hall–Kier alpha value is -1.07. The van der Waals surface area contributed by atoms with Crippen molar-refractivity contribution in [3.8, 4) is 0 Å². The molecule has 1 aliphatic rings. The highest BCUT2D eigenvalue weighted by Crippen LogP contribution is 2.09. The van der Waals surface area contributed by atoms with Gasteiger partial charge in [-0.1, -0.05) is 0 Å². The zero-order valence-corrected chi connectivity index (χ0v) is 8.84. The van der Waals surface area contributed by atoms with E-state index < -0.39 is 0 Å². The minimum atomic E-state index is -0.0957. The van der Waals surface area contributed by atoms with E-state index in [1.165, 1.54) is 0 Å². The minimum absolute atomic E-state index is 0.0957. The van der Waals surface area contributed by atoms with Crippen LogP contribution in [-0.2, 0) is 6.54 Å². The van der Waals surface area contributed by atoms with E-state index in [1.807, 2.05) is 10.9 Å². The average molecular weight is 210 g/mol. The topological polar surface area (TPSA) is 67.3 Å². The first-order valence-corrected chi connectivity index (χ1v) is 5.42. The summed E-state index contributed by atoms with van der Waals surface area (Å²) >= 11 is 0. The number of anilines is 1. The van der Waals surface area contributed by atoms with Gasteiger partial charge < -0.3 is 15.7 Å². The molecule has 0 bridgehead atoms. The number of rotatable bonds is 3. The van der Waals surface area contributed by atoms with Gasteiger partial charge in [0.05, 0.1) is 24.5 Å². The van der Waals surface area contributed by atoms with E-state index in [1.54, 1.807) is 6.20 Å². The van der Waals surface area contributed by atoms with Crippen molar-refractivity contribution in [1.29, 1.82) is 0 Å². The number of likely N-dealkylation sites (tertiary alicyclic amines) is 1. The predicted molar refractivity (Wildman–Crippen MR) is 58.3 cm³/mol. The Bertz CT molecular complexity index is 304. The summed E-state index contributed by atoms with van der Waals surface area (Å²) in [6.07, 6.45) is 5.20. The number of aliphatic hydroxyl groups is 1. The summed E-state index contributed by atoms with van der Waals surface area (Å²) in [4.78, 5) is 2.35. The number of piperidine rings is 1. The molecule has 5 heteroatoms. The highest BCUT2D eigenvalue weighted by molar-refractivity contribution is 5.30. The maximum Gasteiger partial charge on any atom is 0.0719 e. The first-order valence-electron chi connectivity index (χ1n) is 5.42. The maximum absolute atomic E-state index is 9.35. The van der Waals surface area contributed by atoms with Crippen molar-refractivity contribution >= 4 is 5.69 Å². The normalized spacial score (nSPS) is 19.5. The van der Waals surface area contributed by atoms with E-state index in [9.17, 15) is 5.11 Å². The van der Waals surface area contributed by atoms with Crippen LogP contribution in [0, 0.1) is 0 Å². The highest BCUT2D eigenvalue weighted by atomic mass is 16.3. The van der Waals surface area contributed by atoms with Crippen LogP contribution in [0.3, 0.4) is 0 Å². The van der Waals surface area contributed by atoms with Crippen LogP contribution in [-0.4, -0.2) is 45.5 Å². The molecule has 0 unspecified atom stereocenters. The van der Waals surface area contributed by atoms with Gasteiger partial charge in [0.25, 0.3) is 0 Å². The van der Waals surface area contributed by atoms with Crippen molar-refractivity contribution in [3.05, 3.63) is 12.4 Å². The number of nitrogens with two attached hydrogens (primary N) is 1. The molecule has 0 atom stereocenters. The average Bonchev–Trinajstić information content (AvgIpc) is 2.64. The smallest absolute Gasteiger partial charge is 0.0719 e. The van der Waals surface area contributed by atoms with E-state index in [0.29, 0.717) is 5.69 Å². The lowest BCUT2D eigenvalue weighted by molar-refractivity contribution is 0.0805. The fourth-order valence-electron chi connectivity index (χ4n) is 1.89. The van der Waals surface area contributed by atoms with Gasteiger partial charge >= 0.3 is 0 Å². The lowest BCUT2D eigenvalue weighted by Gasteiger charge is -2.29. The van der Waals surface area contributed by atoms with Crippen molar-refractivity contribution in [2.24, 2.45) is 0 Å². The van der Waals surface area contributed by atoms with Gasteiger partial charge in [-0.3, -0.25) is 4.68 Å². The number of aromatic nitrogens is 2. The van der Waals surface area contributed by atoms with Crippen LogP contribution in [0.1, 0.15) is 12.8 Å². The van der Waals surface area contributed by atoms with Crippen molar-refractivity contribution < 1.29 is 5.11 Å². The number of nitrogen functional groups attached to an aromatic ring is 1. The fourth-order valence-corrected chi connectivity index (χ4v) is 1.89. The van der Waals surface area contributed by atoms with Crippen LogP contribution < -0.4 is 5.73 Å². The third-order valence-electron chi connectivity index (χ3n) is 2.86. The van der Waals surface area contributed by atoms with Gasteiger partial charge in [-0.2, -0.15) is 5.10 Å². The standard InChI is InChI=1S/C10H18N4O/c11-9-7-12-14(8-9)6-5-13-3-1-10(15)2-4-13/h7-8,10,15H,1-6,11H2. The van der Waals surface area contributed by atoms with Crippen molar-refractivity contribution in [2.45, 2.75) is 25.5 Å². The molecule has 1 fully saturated rings. The van der Waals surface area contributed by atoms with E-state index >= 15 is 0 Å². The van der Waals surface area contributed by atoms with Gasteiger partial charge in [-0.25, -0.2) is 0 Å². The highest BCUT2D eigenvalue weighted by Gasteiger charge is 2.16. The SMILES string of the molecule is Nc1cnn(CCN2CCC(O)CC2)c1. The molecule has 1 saturated heterocycles. The van der Waals surface area contributed by atoms with Gasteiger partial charge in [0.2, 0.25) is 0 Å². The number of hydrogen-bond acceptors (Lipinski definition) is 4. The molecule has 3 N–H and O–H groups in total. The quantitative estimate of drug-likeness (QED) is 0.732. The van der Waals surface area contributed by atoms with Crippen LogP contribution in [0.25, 0.3) is 0 Å². The Morgan fingerprint density at radius 1 is 1.40 bits per heavy atom. The monoisotopic (exact) mass is 210 g/mol. The van der Waals surface area contributed by atoms with Gasteiger partial charge in [0.1, 0.15) is 0 Å². The molecule has 0 radical (unpaired) electrons. The molecule has 1 aromatic heterocycles. The summed E-state index contributed by atoms with van der Waals surface area (Å²) in [7, 11) is 0. The first kappa shape index (κ1) is 10.4. The Labute approximate surface area is 89.5 Å². The lowest BCUT2D eigenvalue weighted by atomic mass is 10.1. The third kappa shape index (κ3) is 2.94. The second-order valence-electron chi connectivity index (χ2n) is 4.11. The fraction of sp³-hybridized carbons (Fsp3) is 0.700. The van der Waals surface area contributed by atoms with Gasteiger partial charge in [-0.15, -0.1) is 0 Å². The van der Waals surface area contributed by atoms with Gasteiger partial charge in [0.15, 0.2) is 0 Å². The molecule has 0 aromatic carbocycles. The molecule has 0 aliphatic carbocycles. The van der Waals surface area contributed by atoms with Crippen LogP contribution in [0.5, 0.6) is 0 Å². The Kier molecular flexibility index (Phi) is 3.23. The molecule has 2 rings (SSSR count). The third-order valence-corrected chi connectivity index (χ3v) is 2.86. The summed E-state index contributed by atoms with van der Waals surface area (Å²) in [6.45, 7) is 3.82. The van der Waals surface area contributed by atoms with Crippen molar-refractivity contribution in [3.63, 3.8) is 0 Å². The van der Waals surface area contributed by atoms with E-state index in [4.69, 9.17) is 5.73 Å². The molecule has 0 saturated carbocycles. The largest absolute Gasteiger partial charge is 0.396 e. The number of hydrogen-bond donors (Lipinski definition) is 2. The van der Waals surface area contributed by atoms with Gasteiger partial charge in [-0.05, 0) is 12.8 Å². The summed E-state index contributed by atoms with van der Waals surface area (Å²) in [5.41, 5.74) is 6.29. The van der Waals surface area contributed by atoms with E-state index in [0.717, 1.165) is 39.0 Å². The van der Waals surface area contributed by atoms with E-state index in [2.05, 4.69) is 10.00 Å². The summed E-state index contributed by atoms with van der Waals surface area (Å²) in [6, 6.07) is 0. The molecule has 0 amide bonds. The molecule has 1 aromatic rings. The molecule has 1 aliphatic heterocycles. The molecule has 84 valence electrons. The second-order valence-corrected chi connectivity index (χ2v) is 4.11. The van der Waals surface area contributed by atoms with Crippen LogP contribution in [0.4, 0.5) is 5.69 Å². The molecular formula is C10H18N4O. The first-order chi connectivity index (χ1) is 7.24.